The second kappa shape index (κ2) is 11.4. The average molecular weight is 377 g/mol. The Morgan fingerprint density at radius 1 is 0.714 bits per heavy atom. The molecule has 0 saturated heterocycles. The van der Waals surface area contributed by atoms with Crippen molar-refractivity contribution in [3.8, 4) is 0 Å². The number of Topliss-reactive ketones (excluding diaryl/α,β-unsaturated/α-hetero) is 2. The first-order valence-electron chi connectivity index (χ1n) is 10.5. The van der Waals surface area contributed by atoms with E-state index in [4.69, 9.17) is 0 Å². The van der Waals surface area contributed by atoms with Crippen molar-refractivity contribution in [2.75, 3.05) is 0 Å². The number of carbonyl (C=O) groups excluding carboxylic acids is 2. The molecular formula is C26H32O2. The van der Waals surface area contributed by atoms with E-state index in [9.17, 15) is 9.59 Å². The summed E-state index contributed by atoms with van der Waals surface area (Å²) in [7, 11) is 0. The molecule has 0 heterocycles. The number of ketones is 2. The van der Waals surface area contributed by atoms with E-state index >= 15 is 0 Å². The molecule has 0 bridgehead atoms. The van der Waals surface area contributed by atoms with E-state index in [0.29, 0.717) is 11.1 Å². The van der Waals surface area contributed by atoms with Crippen LogP contribution in [0.3, 0.4) is 0 Å². The molecule has 2 aromatic carbocycles. The van der Waals surface area contributed by atoms with Crippen LogP contribution in [0.5, 0.6) is 0 Å². The minimum Gasteiger partial charge on any atom is -0.294 e. The Morgan fingerprint density at radius 3 is 1.39 bits per heavy atom. The van der Waals surface area contributed by atoms with Crippen molar-refractivity contribution in [1.29, 1.82) is 0 Å². The highest BCUT2D eigenvalue weighted by atomic mass is 16.1. The zero-order valence-corrected chi connectivity index (χ0v) is 17.2. The normalized spacial score (nSPS) is 12.9. The van der Waals surface area contributed by atoms with Gasteiger partial charge in [-0.25, -0.2) is 0 Å². The monoisotopic (exact) mass is 376 g/mol. The van der Waals surface area contributed by atoms with Gasteiger partial charge in [0.15, 0.2) is 11.6 Å². The van der Waals surface area contributed by atoms with E-state index in [-0.39, 0.29) is 23.4 Å². The highest BCUT2D eigenvalue weighted by Crippen LogP contribution is 2.32. The molecule has 2 aromatic rings. The first-order chi connectivity index (χ1) is 13.6. The van der Waals surface area contributed by atoms with Gasteiger partial charge in [-0.1, -0.05) is 112 Å². The molecule has 0 aliphatic rings. The summed E-state index contributed by atoms with van der Waals surface area (Å²) in [5.74, 6) is -0.448. The smallest absolute Gasteiger partial charge is 0.169 e. The molecule has 0 unspecified atom stereocenters. The number of hydrogen-bond donors (Lipinski definition) is 0. The Hall–Kier alpha value is -2.48. The molecule has 0 aliphatic heterocycles. The van der Waals surface area contributed by atoms with Crippen molar-refractivity contribution < 1.29 is 9.59 Å². The number of benzene rings is 2. The summed E-state index contributed by atoms with van der Waals surface area (Å²) in [5, 5.41) is 0. The van der Waals surface area contributed by atoms with E-state index in [1.165, 1.54) is 0 Å². The second-order valence-electron chi connectivity index (χ2n) is 7.43. The van der Waals surface area contributed by atoms with E-state index in [1.807, 2.05) is 60.7 Å². The molecule has 0 saturated carbocycles. The zero-order valence-electron chi connectivity index (χ0n) is 17.2. The second-order valence-corrected chi connectivity index (χ2v) is 7.43. The predicted octanol–water partition coefficient (Wildman–Crippen LogP) is 6.92. The lowest BCUT2D eigenvalue weighted by atomic mass is 9.76. The number of allylic oxidation sites excluding steroid dienone is 1. The van der Waals surface area contributed by atoms with Gasteiger partial charge in [0, 0.05) is 23.0 Å². The SMILES string of the molecule is C=C([C@@H](CCCC)C(=O)c1ccccc1)[C@H](CCCC)C(=O)c1ccccc1. The van der Waals surface area contributed by atoms with Crippen LogP contribution < -0.4 is 0 Å². The summed E-state index contributed by atoms with van der Waals surface area (Å²) in [6.07, 6.45) is 5.41. The van der Waals surface area contributed by atoms with Crippen LogP contribution in [0, 0.1) is 11.8 Å². The van der Waals surface area contributed by atoms with Gasteiger partial charge in [0.05, 0.1) is 0 Å². The van der Waals surface area contributed by atoms with Gasteiger partial charge < -0.3 is 0 Å². The summed E-state index contributed by atoms with van der Waals surface area (Å²) in [4.78, 5) is 26.5. The minimum absolute atomic E-state index is 0.0846. The van der Waals surface area contributed by atoms with Crippen LogP contribution in [0.15, 0.2) is 72.8 Å². The maximum Gasteiger partial charge on any atom is 0.169 e. The molecule has 0 N–H and O–H groups in total. The highest BCUT2D eigenvalue weighted by Gasteiger charge is 2.31. The lowest BCUT2D eigenvalue weighted by Gasteiger charge is -2.25. The van der Waals surface area contributed by atoms with E-state index < -0.39 is 0 Å². The maximum absolute atomic E-state index is 13.3. The van der Waals surface area contributed by atoms with Crippen molar-refractivity contribution in [2.24, 2.45) is 11.8 Å². The summed E-state index contributed by atoms with van der Waals surface area (Å²) < 4.78 is 0. The van der Waals surface area contributed by atoms with Crippen LogP contribution in [0.25, 0.3) is 0 Å². The van der Waals surface area contributed by atoms with Crippen LogP contribution in [0.4, 0.5) is 0 Å². The summed E-state index contributed by atoms with van der Waals surface area (Å²) in [6.45, 7) is 8.56. The van der Waals surface area contributed by atoms with Crippen LogP contribution in [-0.2, 0) is 0 Å². The van der Waals surface area contributed by atoms with Crippen molar-refractivity contribution in [3.05, 3.63) is 83.9 Å². The molecule has 2 nitrogen and oxygen atoms in total. The Labute approximate surface area is 169 Å². The van der Waals surface area contributed by atoms with Crippen LogP contribution in [-0.4, -0.2) is 11.6 Å². The van der Waals surface area contributed by atoms with Crippen molar-refractivity contribution in [2.45, 2.75) is 52.4 Å². The number of unbranched alkanes of at least 4 members (excludes halogenated alkanes) is 2. The van der Waals surface area contributed by atoms with Gasteiger partial charge in [0.25, 0.3) is 0 Å². The van der Waals surface area contributed by atoms with E-state index in [2.05, 4.69) is 20.4 Å². The lowest BCUT2D eigenvalue weighted by Crippen LogP contribution is -2.26. The Morgan fingerprint density at radius 2 is 1.07 bits per heavy atom. The molecule has 0 radical (unpaired) electrons. The third kappa shape index (κ3) is 5.76. The van der Waals surface area contributed by atoms with Gasteiger partial charge in [0.2, 0.25) is 0 Å². The number of carbonyl (C=O) groups is 2. The summed E-state index contributed by atoms with van der Waals surface area (Å²) in [6, 6.07) is 18.8. The molecule has 0 amide bonds. The third-order valence-electron chi connectivity index (χ3n) is 5.34. The summed E-state index contributed by atoms with van der Waals surface area (Å²) in [5.41, 5.74) is 2.18. The lowest BCUT2D eigenvalue weighted by molar-refractivity contribution is 0.0893. The molecule has 2 atom stereocenters. The highest BCUT2D eigenvalue weighted by molar-refractivity contribution is 6.03. The molecule has 0 fully saturated rings. The van der Waals surface area contributed by atoms with Crippen LogP contribution >= 0.6 is 0 Å². The molecule has 2 rings (SSSR count). The van der Waals surface area contributed by atoms with Gasteiger partial charge in [0.1, 0.15) is 0 Å². The molecule has 28 heavy (non-hydrogen) atoms. The van der Waals surface area contributed by atoms with Crippen molar-refractivity contribution >= 4 is 11.6 Å². The largest absolute Gasteiger partial charge is 0.294 e. The summed E-state index contributed by atoms with van der Waals surface area (Å²) >= 11 is 0. The number of hydrogen-bond acceptors (Lipinski definition) is 2. The molecular weight excluding hydrogens is 344 g/mol. The van der Waals surface area contributed by atoms with Crippen molar-refractivity contribution in [3.63, 3.8) is 0 Å². The first-order valence-corrected chi connectivity index (χ1v) is 10.5. The molecule has 0 spiro atoms. The molecule has 2 heteroatoms. The molecule has 0 aromatic heterocycles. The Bertz CT molecular complexity index is 696. The van der Waals surface area contributed by atoms with Gasteiger partial charge in [-0.05, 0) is 12.8 Å². The third-order valence-corrected chi connectivity index (χ3v) is 5.34. The fourth-order valence-electron chi connectivity index (χ4n) is 3.64. The number of rotatable bonds is 12. The van der Waals surface area contributed by atoms with Crippen LogP contribution in [0.2, 0.25) is 0 Å². The zero-order chi connectivity index (χ0) is 20.4. The van der Waals surface area contributed by atoms with Gasteiger partial charge >= 0.3 is 0 Å². The van der Waals surface area contributed by atoms with Gasteiger partial charge in [-0.3, -0.25) is 9.59 Å². The fourth-order valence-corrected chi connectivity index (χ4v) is 3.64. The topological polar surface area (TPSA) is 34.1 Å². The van der Waals surface area contributed by atoms with E-state index in [0.717, 1.165) is 44.1 Å². The molecule has 148 valence electrons. The average Bonchev–Trinajstić information content (AvgIpc) is 2.75. The fraction of sp³-hybridized carbons (Fsp3) is 0.385. The van der Waals surface area contributed by atoms with Crippen molar-refractivity contribution in [1.82, 2.24) is 0 Å². The van der Waals surface area contributed by atoms with E-state index in [1.54, 1.807) is 0 Å². The van der Waals surface area contributed by atoms with Gasteiger partial charge in [-0.2, -0.15) is 0 Å². The van der Waals surface area contributed by atoms with Crippen LogP contribution in [0.1, 0.15) is 73.1 Å². The maximum atomic E-state index is 13.3. The predicted molar refractivity (Wildman–Crippen MR) is 117 cm³/mol. The minimum atomic E-state index is -0.308. The Balaban J connectivity index is 2.33. The Kier molecular flexibility index (Phi) is 8.87. The first kappa shape index (κ1) is 21.8. The quantitative estimate of drug-likeness (QED) is 0.297. The standard InChI is InChI=1S/C26H32O2/c1-4-6-18-23(25(27)21-14-10-8-11-15-21)20(3)24(19-7-5-2)26(28)22-16-12-9-13-17-22/h8-17,23-24H,3-7,18-19H2,1-2H3/t23-,24+. The molecule has 0 aliphatic carbocycles. The van der Waals surface area contributed by atoms with Gasteiger partial charge in [-0.15, -0.1) is 0 Å².